The van der Waals surface area contributed by atoms with Crippen molar-refractivity contribution in [2.75, 3.05) is 13.2 Å². The lowest BCUT2D eigenvalue weighted by Crippen LogP contribution is -2.19. The maximum absolute atomic E-state index is 10.6. The summed E-state index contributed by atoms with van der Waals surface area (Å²) in [4.78, 5) is 10.6. The molecule has 4 nitrogen and oxygen atoms in total. The molecule has 0 amide bonds. The lowest BCUT2D eigenvalue weighted by Gasteiger charge is -2.08. The van der Waals surface area contributed by atoms with Crippen LogP contribution >= 0.6 is 11.6 Å². The van der Waals surface area contributed by atoms with Crippen LogP contribution in [-0.2, 0) is 9.47 Å². The summed E-state index contributed by atoms with van der Waals surface area (Å²) in [7, 11) is 0. The van der Waals surface area contributed by atoms with Crippen LogP contribution in [0.2, 0.25) is 5.02 Å². The van der Waals surface area contributed by atoms with Crippen LogP contribution in [-0.4, -0.2) is 25.5 Å². The van der Waals surface area contributed by atoms with Crippen molar-refractivity contribution in [3.8, 4) is 5.75 Å². The van der Waals surface area contributed by atoms with E-state index in [1.807, 2.05) is 0 Å². The van der Waals surface area contributed by atoms with Crippen molar-refractivity contribution in [3.63, 3.8) is 0 Å². The van der Waals surface area contributed by atoms with E-state index in [1.54, 1.807) is 24.3 Å². The van der Waals surface area contributed by atoms with Crippen LogP contribution < -0.4 is 4.74 Å². The second-order valence-electron chi connectivity index (χ2n) is 3.07. The Morgan fingerprint density at radius 1 is 1.40 bits per heavy atom. The maximum Gasteiger partial charge on any atom is 0.508 e. The highest BCUT2D eigenvalue weighted by Crippen LogP contribution is 2.16. The van der Waals surface area contributed by atoms with Gasteiger partial charge in [-0.3, -0.25) is 0 Å². The second kappa shape index (κ2) is 4.40. The summed E-state index contributed by atoms with van der Waals surface area (Å²) in [5, 5.41) is 0.651. The quantitative estimate of drug-likeness (QED) is 0.745. The molecule has 1 aliphatic heterocycles. The lowest BCUT2D eigenvalue weighted by atomic mass is 10.3. The highest BCUT2D eigenvalue weighted by molar-refractivity contribution is 6.30. The van der Waals surface area contributed by atoms with E-state index < -0.39 is 6.16 Å². The molecule has 0 bridgehead atoms. The Balaban J connectivity index is 1.83. The molecule has 0 aliphatic carbocycles. The van der Waals surface area contributed by atoms with Crippen molar-refractivity contribution in [1.29, 1.82) is 0 Å². The maximum atomic E-state index is 10.6. The molecule has 0 aromatic heterocycles. The number of carbonyl (C=O) groups excluding carboxylic acids is 1. The van der Waals surface area contributed by atoms with Crippen LogP contribution in [0.15, 0.2) is 24.3 Å². The van der Waals surface area contributed by atoms with Crippen LogP contribution in [0.1, 0.15) is 0 Å². The topological polar surface area (TPSA) is 44.8 Å². The Labute approximate surface area is 91.7 Å². The first kappa shape index (κ1) is 10.1. The summed E-state index contributed by atoms with van der Waals surface area (Å²) < 4.78 is 14.8. The number of rotatable bonds is 3. The minimum atomic E-state index is -0.639. The molecule has 1 aliphatic rings. The average molecular weight is 229 g/mol. The Bertz CT molecular complexity index is 349. The predicted octanol–water partition coefficient (Wildman–Crippen LogP) is 2.25. The number of hydrogen-bond acceptors (Lipinski definition) is 4. The summed E-state index contributed by atoms with van der Waals surface area (Å²) in [6, 6.07) is 6.96. The summed E-state index contributed by atoms with van der Waals surface area (Å²) in [5.41, 5.74) is 0. The standard InChI is InChI=1S/C10H9ClO4/c11-7-1-3-8(4-2-7)13-5-9-6-14-10(12)15-9/h1-4,9H,5-6H2. The van der Waals surface area contributed by atoms with Gasteiger partial charge in [-0.05, 0) is 24.3 Å². The fraction of sp³-hybridized carbons (Fsp3) is 0.300. The number of carbonyl (C=O) groups is 1. The van der Waals surface area contributed by atoms with Gasteiger partial charge < -0.3 is 14.2 Å². The van der Waals surface area contributed by atoms with Crippen LogP contribution in [0.25, 0.3) is 0 Å². The van der Waals surface area contributed by atoms with Crippen molar-refractivity contribution in [2.24, 2.45) is 0 Å². The molecule has 2 rings (SSSR count). The van der Waals surface area contributed by atoms with Gasteiger partial charge in [-0.25, -0.2) is 4.79 Å². The molecular weight excluding hydrogens is 220 g/mol. The SMILES string of the molecule is O=C1OCC(COc2ccc(Cl)cc2)O1. The van der Waals surface area contributed by atoms with Crippen molar-refractivity contribution < 1.29 is 19.0 Å². The van der Waals surface area contributed by atoms with E-state index in [9.17, 15) is 4.79 Å². The minimum absolute atomic E-state index is 0.242. The van der Waals surface area contributed by atoms with Gasteiger partial charge >= 0.3 is 6.16 Å². The van der Waals surface area contributed by atoms with Gasteiger partial charge in [0, 0.05) is 5.02 Å². The zero-order valence-electron chi connectivity index (χ0n) is 7.81. The zero-order valence-corrected chi connectivity index (χ0v) is 8.57. The molecule has 0 spiro atoms. The van der Waals surface area contributed by atoms with Gasteiger partial charge in [-0.15, -0.1) is 0 Å². The van der Waals surface area contributed by atoms with Gasteiger partial charge in [-0.2, -0.15) is 0 Å². The summed E-state index contributed by atoms with van der Waals surface area (Å²) in [6.07, 6.45) is -0.965. The molecule has 0 saturated carbocycles. The zero-order chi connectivity index (χ0) is 10.7. The largest absolute Gasteiger partial charge is 0.508 e. The fourth-order valence-corrected chi connectivity index (χ4v) is 1.29. The summed E-state index contributed by atoms with van der Waals surface area (Å²) in [5.74, 6) is 0.683. The molecule has 1 aromatic rings. The van der Waals surface area contributed by atoms with Gasteiger partial charge in [0.25, 0.3) is 0 Å². The van der Waals surface area contributed by atoms with Crippen molar-refractivity contribution in [2.45, 2.75) is 6.10 Å². The van der Waals surface area contributed by atoms with E-state index in [2.05, 4.69) is 4.74 Å². The van der Waals surface area contributed by atoms with E-state index in [1.165, 1.54) is 0 Å². The lowest BCUT2D eigenvalue weighted by molar-refractivity contribution is 0.0983. The van der Waals surface area contributed by atoms with Gasteiger partial charge in [0.15, 0.2) is 6.10 Å². The van der Waals surface area contributed by atoms with Gasteiger partial charge in [0.2, 0.25) is 0 Å². The van der Waals surface area contributed by atoms with Crippen LogP contribution in [0.3, 0.4) is 0 Å². The summed E-state index contributed by atoms with van der Waals surface area (Å²) in [6.45, 7) is 0.528. The van der Waals surface area contributed by atoms with Crippen LogP contribution in [0, 0.1) is 0 Å². The first-order chi connectivity index (χ1) is 7.24. The van der Waals surface area contributed by atoms with Crippen LogP contribution in [0.5, 0.6) is 5.75 Å². The number of cyclic esters (lactones) is 2. The first-order valence-corrected chi connectivity index (χ1v) is 4.83. The van der Waals surface area contributed by atoms with E-state index in [0.717, 1.165) is 0 Å². The molecule has 1 heterocycles. The number of hydrogen-bond donors (Lipinski definition) is 0. The third-order valence-electron chi connectivity index (χ3n) is 1.90. The molecular formula is C10H9ClO4. The first-order valence-electron chi connectivity index (χ1n) is 4.46. The highest BCUT2D eigenvalue weighted by atomic mass is 35.5. The monoisotopic (exact) mass is 228 g/mol. The Morgan fingerprint density at radius 3 is 2.73 bits per heavy atom. The molecule has 0 radical (unpaired) electrons. The Morgan fingerprint density at radius 2 is 2.13 bits per heavy atom. The van der Waals surface area contributed by atoms with E-state index in [-0.39, 0.29) is 19.3 Å². The average Bonchev–Trinajstić information content (AvgIpc) is 2.64. The van der Waals surface area contributed by atoms with Gasteiger partial charge in [0.1, 0.15) is 19.0 Å². The molecule has 1 saturated heterocycles. The molecule has 1 atom stereocenters. The molecule has 1 fully saturated rings. The number of benzene rings is 1. The normalized spacial score (nSPS) is 19.5. The van der Waals surface area contributed by atoms with Crippen molar-refractivity contribution in [3.05, 3.63) is 29.3 Å². The highest BCUT2D eigenvalue weighted by Gasteiger charge is 2.25. The molecule has 80 valence electrons. The predicted molar refractivity (Wildman–Crippen MR) is 53.2 cm³/mol. The Kier molecular flexibility index (Phi) is 2.97. The number of ether oxygens (including phenoxy) is 3. The molecule has 1 aromatic carbocycles. The third-order valence-corrected chi connectivity index (χ3v) is 2.15. The van der Waals surface area contributed by atoms with Crippen molar-refractivity contribution in [1.82, 2.24) is 0 Å². The molecule has 5 heteroatoms. The van der Waals surface area contributed by atoms with Gasteiger partial charge in [0.05, 0.1) is 0 Å². The van der Waals surface area contributed by atoms with Crippen molar-refractivity contribution >= 4 is 17.8 Å². The smallest absolute Gasteiger partial charge is 0.490 e. The fourth-order valence-electron chi connectivity index (χ4n) is 1.17. The minimum Gasteiger partial charge on any atom is -0.490 e. The van der Waals surface area contributed by atoms with E-state index in [0.29, 0.717) is 10.8 Å². The number of halogens is 1. The second-order valence-corrected chi connectivity index (χ2v) is 3.50. The molecule has 0 N–H and O–H groups in total. The van der Waals surface area contributed by atoms with Crippen LogP contribution in [0.4, 0.5) is 4.79 Å². The molecule has 15 heavy (non-hydrogen) atoms. The van der Waals surface area contributed by atoms with E-state index >= 15 is 0 Å². The Hall–Kier alpha value is -1.42. The summed E-state index contributed by atoms with van der Waals surface area (Å²) >= 11 is 5.71. The third kappa shape index (κ3) is 2.76. The molecule has 1 unspecified atom stereocenters. The van der Waals surface area contributed by atoms with Gasteiger partial charge in [-0.1, -0.05) is 11.6 Å². The van der Waals surface area contributed by atoms with E-state index in [4.69, 9.17) is 21.1 Å².